The molecule has 1 saturated carbocycles. The third-order valence-electron chi connectivity index (χ3n) is 8.81. The van der Waals surface area contributed by atoms with E-state index in [2.05, 4.69) is 46.3 Å². The first-order valence-electron chi connectivity index (χ1n) is 14.4. The maximum Gasteiger partial charge on any atom is 1.00 e. The van der Waals surface area contributed by atoms with Crippen LogP contribution in [0.15, 0.2) is 54.7 Å². The third-order valence-corrected chi connectivity index (χ3v) is 8.81. The fraction of sp³-hybridized carbons (Fsp3) is 0.455. The summed E-state index contributed by atoms with van der Waals surface area (Å²) in [6, 6.07) is 17.1. The molecule has 1 aliphatic carbocycles. The van der Waals surface area contributed by atoms with Crippen molar-refractivity contribution >= 4 is 5.97 Å². The van der Waals surface area contributed by atoms with Gasteiger partial charge in [0.1, 0.15) is 11.9 Å². The molecule has 1 unspecified atom stereocenters. The minimum absolute atomic E-state index is 0. The number of rotatable bonds is 9. The number of benzene rings is 2. The minimum atomic E-state index is -0.971. The average molecular weight is 549 g/mol. The normalized spacial score (nSPS) is 20.1. The molecule has 0 spiro atoms. The topological polar surface area (TPSA) is 74.7 Å². The molecule has 6 nitrogen and oxygen atoms in total. The van der Waals surface area contributed by atoms with Crippen molar-refractivity contribution in [3.8, 4) is 22.8 Å². The summed E-state index contributed by atoms with van der Waals surface area (Å²) in [5.41, 5.74) is 7.05. The summed E-state index contributed by atoms with van der Waals surface area (Å²) in [4.78, 5) is 18.6. The molecule has 40 heavy (non-hydrogen) atoms. The second kappa shape index (κ2) is 12.6. The van der Waals surface area contributed by atoms with E-state index in [4.69, 9.17) is 9.47 Å². The van der Waals surface area contributed by atoms with Gasteiger partial charge in [-0.15, -0.1) is 0 Å². The van der Waals surface area contributed by atoms with Crippen molar-refractivity contribution in [2.24, 2.45) is 11.8 Å². The average Bonchev–Trinajstić information content (AvgIpc) is 3.66. The SMILES string of the molecule is COc1cc(-c2ccc(C3CCc4ccc([C@H](C5CC5)[C@H](C)C(=O)[O-])cc4O3)cc2CN2CCCC2)ccn1.[Na+]. The Labute approximate surface area is 259 Å². The van der Waals surface area contributed by atoms with Gasteiger partial charge in [0.15, 0.2) is 0 Å². The van der Waals surface area contributed by atoms with Crippen LogP contribution in [0.5, 0.6) is 11.6 Å². The van der Waals surface area contributed by atoms with Gasteiger partial charge in [-0.05, 0) is 109 Å². The number of pyridine rings is 1. The van der Waals surface area contributed by atoms with Crippen molar-refractivity contribution in [2.45, 2.75) is 64.0 Å². The van der Waals surface area contributed by atoms with E-state index >= 15 is 0 Å². The Balaban J connectivity index is 0.00000323. The summed E-state index contributed by atoms with van der Waals surface area (Å²) >= 11 is 0. The largest absolute Gasteiger partial charge is 1.00 e. The smallest absolute Gasteiger partial charge is 0.550 e. The number of carboxylic acids is 1. The van der Waals surface area contributed by atoms with E-state index < -0.39 is 11.9 Å². The summed E-state index contributed by atoms with van der Waals surface area (Å²) in [7, 11) is 1.65. The van der Waals surface area contributed by atoms with Crippen LogP contribution in [0.2, 0.25) is 0 Å². The molecular formula is C33H37N2NaO4. The van der Waals surface area contributed by atoms with E-state index in [1.54, 1.807) is 20.2 Å². The number of hydrogen-bond donors (Lipinski definition) is 0. The van der Waals surface area contributed by atoms with Crippen LogP contribution in [0.1, 0.15) is 73.3 Å². The molecule has 2 aliphatic heterocycles. The van der Waals surface area contributed by atoms with Crippen LogP contribution >= 0.6 is 0 Å². The Morgan fingerprint density at radius 3 is 2.62 bits per heavy atom. The predicted octanol–water partition coefficient (Wildman–Crippen LogP) is 2.30. The van der Waals surface area contributed by atoms with E-state index in [0.29, 0.717) is 11.8 Å². The molecule has 3 aromatic rings. The first kappa shape index (κ1) is 29.1. The van der Waals surface area contributed by atoms with Crippen molar-refractivity contribution in [1.29, 1.82) is 0 Å². The number of likely N-dealkylation sites (tertiary alicyclic amines) is 1. The molecule has 0 N–H and O–H groups in total. The van der Waals surface area contributed by atoms with Crippen LogP contribution in [0.4, 0.5) is 0 Å². The number of carboxylic acid groups (broad SMARTS) is 1. The molecule has 1 saturated heterocycles. The fourth-order valence-electron chi connectivity index (χ4n) is 6.50. The molecule has 0 bridgehead atoms. The molecule has 3 aliphatic rings. The van der Waals surface area contributed by atoms with Gasteiger partial charge in [-0.25, -0.2) is 4.98 Å². The van der Waals surface area contributed by atoms with Crippen molar-refractivity contribution in [1.82, 2.24) is 9.88 Å². The molecular weight excluding hydrogens is 511 g/mol. The molecule has 1 aromatic heterocycles. The summed E-state index contributed by atoms with van der Waals surface area (Å²) in [5, 5.41) is 11.7. The van der Waals surface area contributed by atoms with Crippen molar-refractivity contribution < 1.29 is 48.9 Å². The van der Waals surface area contributed by atoms with Crippen molar-refractivity contribution in [3.63, 3.8) is 0 Å². The molecule has 2 fully saturated rings. The summed E-state index contributed by atoms with van der Waals surface area (Å²) in [6.45, 7) is 4.95. The quantitative estimate of drug-likeness (QED) is 0.382. The Bertz CT molecular complexity index is 1350. The standard InChI is InChI=1S/C33H38N2O4.Na/c1-21(33(36)37)32(23-6-7-23)26-8-5-22-10-12-29(39-30(22)18-26)25-9-11-28(24-13-14-34-31(19-24)38-2)27(17-25)20-35-15-3-4-16-35;/h5,8-9,11,13-14,17-19,21,23,29,32H,3-4,6-7,10,12,15-16,20H2,1-2H3,(H,36,37);/q;+1/p-1/t21-,29?,32-;/m0./s1. The number of aromatic nitrogens is 1. The predicted molar refractivity (Wildman–Crippen MR) is 149 cm³/mol. The summed E-state index contributed by atoms with van der Waals surface area (Å²) in [6.07, 6.45) is 8.29. The number of ether oxygens (including phenoxy) is 2. The second-order valence-electron chi connectivity index (χ2n) is 11.5. The van der Waals surface area contributed by atoms with Gasteiger partial charge in [0, 0.05) is 30.7 Å². The van der Waals surface area contributed by atoms with E-state index in [1.165, 1.54) is 35.1 Å². The van der Waals surface area contributed by atoms with E-state index in [0.717, 1.165) is 62.2 Å². The summed E-state index contributed by atoms with van der Waals surface area (Å²) in [5.74, 6) is 0.423. The third kappa shape index (κ3) is 6.25. The van der Waals surface area contributed by atoms with E-state index in [9.17, 15) is 9.90 Å². The molecule has 0 radical (unpaired) electrons. The minimum Gasteiger partial charge on any atom is -0.550 e. The van der Waals surface area contributed by atoms with Gasteiger partial charge >= 0.3 is 29.6 Å². The zero-order valence-electron chi connectivity index (χ0n) is 23.9. The molecule has 3 heterocycles. The van der Waals surface area contributed by atoms with Crippen LogP contribution in [0, 0.1) is 11.8 Å². The van der Waals surface area contributed by atoms with Crippen molar-refractivity contribution in [3.05, 3.63) is 77.0 Å². The van der Waals surface area contributed by atoms with Crippen LogP contribution in [-0.4, -0.2) is 36.1 Å². The maximum atomic E-state index is 11.7. The van der Waals surface area contributed by atoms with Gasteiger partial charge in [0.2, 0.25) is 5.88 Å². The number of fused-ring (bicyclic) bond motifs is 1. The molecule has 204 valence electrons. The van der Waals surface area contributed by atoms with Gasteiger partial charge in [-0.1, -0.05) is 37.3 Å². The molecule has 6 rings (SSSR count). The van der Waals surface area contributed by atoms with Crippen LogP contribution in [-0.2, 0) is 17.8 Å². The second-order valence-corrected chi connectivity index (χ2v) is 11.5. The van der Waals surface area contributed by atoms with Gasteiger partial charge in [-0.2, -0.15) is 0 Å². The molecule has 2 aromatic carbocycles. The number of aryl methyl sites for hydroxylation is 1. The van der Waals surface area contributed by atoms with Crippen LogP contribution < -0.4 is 44.1 Å². The van der Waals surface area contributed by atoms with Crippen molar-refractivity contribution in [2.75, 3.05) is 20.2 Å². The Morgan fingerprint density at radius 2 is 1.90 bits per heavy atom. The Hall–Kier alpha value is -2.38. The van der Waals surface area contributed by atoms with Crippen LogP contribution in [0.3, 0.4) is 0 Å². The molecule has 3 atom stereocenters. The van der Waals surface area contributed by atoms with Gasteiger partial charge in [0.25, 0.3) is 0 Å². The number of aliphatic carboxylic acids is 1. The molecule has 7 heteroatoms. The number of carbonyl (C=O) groups is 1. The number of carbonyl (C=O) groups excluding carboxylic acids is 1. The Kier molecular flexibility index (Phi) is 9.21. The van der Waals surface area contributed by atoms with Gasteiger partial charge in [0.05, 0.1) is 7.11 Å². The first-order chi connectivity index (χ1) is 19.0. The summed E-state index contributed by atoms with van der Waals surface area (Å²) < 4.78 is 12.0. The fourth-order valence-corrected chi connectivity index (χ4v) is 6.50. The number of methoxy groups -OCH3 is 1. The van der Waals surface area contributed by atoms with Crippen LogP contribution in [0.25, 0.3) is 11.1 Å². The van der Waals surface area contributed by atoms with E-state index in [1.807, 2.05) is 12.1 Å². The monoisotopic (exact) mass is 548 g/mol. The zero-order chi connectivity index (χ0) is 26.9. The van der Waals surface area contributed by atoms with E-state index in [-0.39, 0.29) is 41.6 Å². The van der Waals surface area contributed by atoms with Gasteiger partial charge in [-0.3, -0.25) is 4.90 Å². The number of hydrogen-bond acceptors (Lipinski definition) is 6. The zero-order valence-corrected chi connectivity index (χ0v) is 25.9. The molecule has 0 amide bonds. The Morgan fingerprint density at radius 1 is 1.10 bits per heavy atom. The van der Waals surface area contributed by atoms with Gasteiger partial charge < -0.3 is 19.4 Å². The maximum absolute atomic E-state index is 11.7. The first-order valence-corrected chi connectivity index (χ1v) is 14.4. The number of nitrogens with zero attached hydrogens (tertiary/aromatic N) is 2.